The van der Waals surface area contributed by atoms with Crippen molar-refractivity contribution < 1.29 is 14.6 Å². The summed E-state index contributed by atoms with van der Waals surface area (Å²) in [4.78, 5) is 2.17. The largest absolute Gasteiger partial charge is 0.389 e. The molecule has 5 heteroatoms. The Balaban J connectivity index is 2.19. The number of aliphatic hydroxyl groups excluding tert-OH is 1. The molecule has 1 aliphatic heterocycles. The molecule has 1 fully saturated rings. The molecule has 1 aliphatic rings. The fourth-order valence-corrected chi connectivity index (χ4v) is 1.69. The van der Waals surface area contributed by atoms with Gasteiger partial charge in [0.25, 0.3) is 0 Å². The van der Waals surface area contributed by atoms with Crippen LogP contribution < -0.4 is 5.73 Å². The van der Waals surface area contributed by atoms with Gasteiger partial charge in [0.1, 0.15) is 0 Å². The average Bonchev–Trinajstić information content (AvgIpc) is 2.26. The van der Waals surface area contributed by atoms with Crippen LogP contribution in [0.25, 0.3) is 0 Å². The lowest BCUT2D eigenvalue weighted by atomic mass is 10.2. The molecular weight excluding hydrogens is 196 g/mol. The number of hydrogen-bond donors (Lipinski definition) is 2. The highest BCUT2D eigenvalue weighted by atomic mass is 16.5. The first-order chi connectivity index (χ1) is 7.26. The molecule has 3 N–H and O–H groups in total. The van der Waals surface area contributed by atoms with E-state index in [1.807, 2.05) is 6.92 Å². The molecule has 15 heavy (non-hydrogen) atoms. The Kier molecular flexibility index (Phi) is 6.12. The van der Waals surface area contributed by atoms with Gasteiger partial charge in [-0.1, -0.05) is 0 Å². The van der Waals surface area contributed by atoms with Crippen molar-refractivity contribution in [3.63, 3.8) is 0 Å². The van der Waals surface area contributed by atoms with E-state index >= 15 is 0 Å². The third kappa shape index (κ3) is 4.90. The maximum absolute atomic E-state index is 9.65. The van der Waals surface area contributed by atoms with Gasteiger partial charge in [-0.2, -0.15) is 0 Å². The standard InChI is InChI=1S/C10H22N2O3/c1-2-14-8-9(13)6-12-3-4-15-10(5-11)7-12/h9-10,13H,2-8,11H2,1H3. The van der Waals surface area contributed by atoms with Crippen LogP contribution in [0.4, 0.5) is 0 Å². The third-order valence-corrected chi connectivity index (χ3v) is 2.47. The van der Waals surface area contributed by atoms with E-state index in [4.69, 9.17) is 15.2 Å². The molecule has 5 nitrogen and oxygen atoms in total. The van der Waals surface area contributed by atoms with Crippen LogP contribution in [0.2, 0.25) is 0 Å². The number of ether oxygens (including phenoxy) is 2. The summed E-state index contributed by atoms with van der Waals surface area (Å²) in [6, 6.07) is 0. The fraction of sp³-hybridized carbons (Fsp3) is 1.00. The van der Waals surface area contributed by atoms with E-state index in [9.17, 15) is 5.11 Å². The zero-order valence-electron chi connectivity index (χ0n) is 9.39. The van der Waals surface area contributed by atoms with Crippen LogP contribution >= 0.6 is 0 Å². The molecule has 1 saturated heterocycles. The van der Waals surface area contributed by atoms with E-state index in [2.05, 4.69) is 4.90 Å². The summed E-state index contributed by atoms with van der Waals surface area (Å²) in [5.41, 5.74) is 5.54. The predicted molar refractivity (Wildman–Crippen MR) is 57.7 cm³/mol. The molecule has 1 heterocycles. The van der Waals surface area contributed by atoms with E-state index in [0.717, 1.165) is 13.1 Å². The van der Waals surface area contributed by atoms with E-state index in [1.165, 1.54) is 0 Å². The SMILES string of the molecule is CCOCC(O)CN1CCOC(CN)C1. The molecule has 90 valence electrons. The first kappa shape index (κ1) is 12.9. The van der Waals surface area contributed by atoms with Crippen molar-refractivity contribution in [2.75, 3.05) is 46.0 Å². The number of aliphatic hydroxyl groups is 1. The van der Waals surface area contributed by atoms with Crippen molar-refractivity contribution in [1.29, 1.82) is 0 Å². The maximum atomic E-state index is 9.65. The molecule has 0 bridgehead atoms. The Labute approximate surface area is 91.1 Å². The van der Waals surface area contributed by atoms with Gasteiger partial charge in [0.05, 0.1) is 25.4 Å². The molecule has 1 rings (SSSR count). The molecule has 0 spiro atoms. The quantitative estimate of drug-likeness (QED) is 0.601. The van der Waals surface area contributed by atoms with Gasteiger partial charge in [0.15, 0.2) is 0 Å². The van der Waals surface area contributed by atoms with Crippen molar-refractivity contribution in [3.8, 4) is 0 Å². The molecule has 0 aromatic rings. The van der Waals surface area contributed by atoms with Crippen LogP contribution in [-0.2, 0) is 9.47 Å². The van der Waals surface area contributed by atoms with Crippen molar-refractivity contribution in [3.05, 3.63) is 0 Å². The molecule has 2 atom stereocenters. The number of morpholine rings is 1. The lowest BCUT2D eigenvalue weighted by molar-refractivity contribution is -0.0464. The number of nitrogens with zero attached hydrogens (tertiary/aromatic N) is 1. The van der Waals surface area contributed by atoms with E-state index in [-0.39, 0.29) is 6.10 Å². The summed E-state index contributed by atoms with van der Waals surface area (Å²) in [6.45, 7) is 6.51. The maximum Gasteiger partial charge on any atom is 0.0900 e. The number of hydrogen-bond acceptors (Lipinski definition) is 5. The lowest BCUT2D eigenvalue weighted by Crippen LogP contribution is -2.48. The number of nitrogens with two attached hydrogens (primary N) is 1. The highest BCUT2D eigenvalue weighted by molar-refractivity contribution is 4.74. The Morgan fingerprint density at radius 1 is 1.67 bits per heavy atom. The van der Waals surface area contributed by atoms with Crippen LogP contribution in [-0.4, -0.2) is 68.2 Å². The van der Waals surface area contributed by atoms with Gasteiger partial charge in [-0.15, -0.1) is 0 Å². The van der Waals surface area contributed by atoms with Crippen LogP contribution in [0, 0.1) is 0 Å². The predicted octanol–water partition coefficient (Wildman–Crippen LogP) is -0.957. The van der Waals surface area contributed by atoms with Crippen molar-refractivity contribution in [2.24, 2.45) is 5.73 Å². The molecule has 0 aromatic heterocycles. The topological polar surface area (TPSA) is 68.0 Å². The van der Waals surface area contributed by atoms with E-state index in [1.54, 1.807) is 0 Å². The smallest absolute Gasteiger partial charge is 0.0900 e. The first-order valence-corrected chi connectivity index (χ1v) is 5.56. The molecule has 0 aromatic carbocycles. The first-order valence-electron chi connectivity index (χ1n) is 5.56. The summed E-state index contributed by atoms with van der Waals surface area (Å²) in [7, 11) is 0. The normalized spacial score (nSPS) is 25.4. The van der Waals surface area contributed by atoms with Crippen LogP contribution in [0.3, 0.4) is 0 Å². The second-order valence-corrected chi connectivity index (χ2v) is 3.80. The van der Waals surface area contributed by atoms with Gasteiger partial charge >= 0.3 is 0 Å². The molecule has 0 saturated carbocycles. The van der Waals surface area contributed by atoms with E-state index in [0.29, 0.717) is 32.9 Å². The van der Waals surface area contributed by atoms with Crippen LogP contribution in [0.1, 0.15) is 6.92 Å². The summed E-state index contributed by atoms with van der Waals surface area (Å²) < 4.78 is 10.6. The summed E-state index contributed by atoms with van der Waals surface area (Å²) >= 11 is 0. The second kappa shape index (κ2) is 7.14. The zero-order chi connectivity index (χ0) is 11.1. The summed E-state index contributed by atoms with van der Waals surface area (Å²) in [6.07, 6.45) is -0.306. The minimum Gasteiger partial charge on any atom is -0.389 e. The molecule has 0 amide bonds. The van der Waals surface area contributed by atoms with E-state index < -0.39 is 6.10 Å². The van der Waals surface area contributed by atoms with Gasteiger partial charge in [0, 0.05) is 32.8 Å². The average molecular weight is 218 g/mol. The fourth-order valence-electron chi connectivity index (χ4n) is 1.69. The molecule has 0 aliphatic carbocycles. The van der Waals surface area contributed by atoms with Crippen LogP contribution in [0.5, 0.6) is 0 Å². The monoisotopic (exact) mass is 218 g/mol. The van der Waals surface area contributed by atoms with Crippen molar-refractivity contribution >= 4 is 0 Å². The summed E-state index contributed by atoms with van der Waals surface area (Å²) in [5.74, 6) is 0. The Morgan fingerprint density at radius 3 is 3.13 bits per heavy atom. The summed E-state index contributed by atoms with van der Waals surface area (Å²) in [5, 5.41) is 9.65. The number of rotatable bonds is 6. The van der Waals surface area contributed by atoms with Gasteiger partial charge in [-0.25, -0.2) is 0 Å². The minimum absolute atomic E-state index is 0.109. The Morgan fingerprint density at radius 2 is 2.47 bits per heavy atom. The van der Waals surface area contributed by atoms with Gasteiger partial charge in [0.2, 0.25) is 0 Å². The molecule has 0 radical (unpaired) electrons. The Bertz CT molecular complexity index is 169. The molecular formula is C10H22N2O3. The zero-order valence-corrected chi connectivity index (χ0v) is 9.39. The highest BCUT2D eigenvalue weighted by Crippen LogP contribution is 2.04. The third-order valence-electron chi connectivity index (χ3n) is 2.47. The van der Waals surface area contributed by atoms with Crippen molar-refractivity contribution in [1.82, 2.24) is 4.90 Å². The molecule has 2 unspecified atom stereocenters. The minimum atomic E-state index is -0.415. The Hall–Kier alpha value is -0.200. The van der Waals surface area contributed by atoms with Crippen LogP contribution in [0.15, 0.2) is 0 Å². The van der Waals surface area contributed by atoms with Gasteiger partial charge in [-0.05, 0) is 6.92 Å². The second-order valence-electron chi connectivity index (χ2n) is 3.80. The van der Waals surface area contributed by atoms with Gasteiger partial charge < -0.3 is 20.3 Å². The number of β-amino-alcohol motifs (C(OH)–C–C–N with tert-alkyl or cyclic N) is 1. The lowest BCUT2D eigenvalue weighted by Gasteiger charge is -2.33. The highest BCUT2D eigenvalue weighted by Gasteiger charge is 2.20. The van der Waals surface area contributed by atoms with Crippen molar-refractivity contribution in [2.45, 2.75) is 19.1 Å². The van der Waals surface area contributed by atoms with Gasteiger partial charge in [-0.3, -0.25) is 4.90 Å².